The lowest BCUT2D eigenvalue weighted by molar-refractivity contribution is 0.188. The van der Waals surface area contributed by atoms with Gasteiger partial charge in [-0.05, 0) is 18.6 Å². The molecule has 4 rings (SSSR count). The number of benzene rings is 1. The first-order chi connectivity index (χ1) is 13.7. The first kappa shape index (κ1) is 18.5. The van der Waals surface area contributed by atoms with Crippen molar-refractivity contribution in [1.82, 2.24) is 19.9 Å². The molecule has 1 aliphatic heterocycles. The molecule has 1 fully saturated rings. The highest BCUT2D eigenvalue weighted by Gasteiger charge is 2.19. The Balaban J connectivity index is 1.60. The molecule has 0 saturated carbocycles. The fourth-order valence-electron chi connectivity index (χ4n) is 3.57. The molecule has 3 aromatic rings. The van der Waals surface area contributed by atoms with Crippen LogP contribution in [0.3, 0.4) is 0 Å². The molecule has 144 valence electrons. The van der Waals surface area contributed by atoms with E-state index in [0.29, 0.717) is 0 Å². The van der Waals surface area contributed by atoms with Gasteiger partial charge in [-0.2, -0.15) is 0 Å². The van der Waals surface area contributed by atoms with Crippen LogP contribution in [0.1, 0.15) is 5.82 Å². The lowest BCUT2D eigenvalue weighted by Crippen LogP contribution is -2.47. The first-order valence-corrected chi connectivity index (χ1v) is 9.67. The van der Waals surface area contributed by atoms with Crippen molar-refractivity contribution in [2.45, 2.75) is 6.92 Å². The summed E-state index contributed by atoms with van der Waals surface area (Å²) in [7, 11) is 0. The molecular weight excluding hydrogens is 350 g/mol. The van der Waals surface area contributed by atoms with Gasteiger partial charge in [0, 0.05) is 62.3 Å². The van der Waals surface area contributed by atoms with E-state index in [2.05, 4.69) is 49.0 Å². The van der Waals surface area contributed by atoms with Crippen LogP contribution in [0.2, 0.25) is 0 Å². The zero-order valence-electron chi connectivity index (χ0n) is 16.1. The van der Waals surface area contributed by atoms with Gasteiger partial charge in [-0.1, -0.05) is 30.3 Å². The molecule has 0 bridgehead atoms. The maximum Gasteiger partial charge on any atom is 0.132 e. The molecule has 0 aliphatic carbocycles. The van der Waals surface area contributed by atoms with Crippen LogP contribution >= 0.6 is 0 Å². The van der Waals surface area contributed by atoms with Crippen LogP contribution in [0, 0.1) is 6.92 Å². The summed E-state index contributed by atoms with van der Waals surface area (Å²) < 4.78 is 0. The van der Waals surface area contributed by atoms with Crippen LogP contribution in [0.5, 0.6) is 0 Å². The quantitative estimate of drug-likeness (QED) is 0.740. The Morgan fingerprint density at radius 1 is 0.893 bits per heavy atom. The lowest BCUT2D eigenvalue weighted by Gasteiger charge is -2.35. The molecule has 0 atom stereocenters. The van der Waals surface area contributed by atoms with E-state index >= 15 is 0 Å². The molecule has 1 aliphatic rings. The van der Waals surface area contributed by atoms with E-state index in [-0.39, 0.29) is 6.61 Å². The molecule has 0 radical (unpaired) electrons. The van der Waals surface area contributed by atoms with Crippen LogP contribution in [0.4, 0.5) is 5.82 Å². The Bertz CT molecular complexity index is 923. The summed E-state index contributed by atoms with van der Waals surface area (Å²) in [6.07, 6.45) is 3.74. The molecule has 0 amide bonds. The highest BCUT2D eigenvalue weighted by molar-refractivity contribution is 5.71. The van der Waals surface area contributed by atoms with Gasteiger partial charge in [0.2, 0.25) is 0 Å². The summed E-state index contributed by atoms with van der Waals surface area (Å²) in [5.74, 6) is 1.71. The van der Waals surface area contributed by atoms with Crippen LogP contribution in [-0.4, -0.2) is 64.3 Å². The number of piperazine rings is 1. The normalized spacial score (nSPS) is 15.0. The Hall–Kier alpha value is -2.83. The number of β-amino-alcohol motifs (C(OH)–C–C–N with tert-alkyl or cyclic N) is 1. The third-order valence-electron chi connectivity index (χ3n) is 5.08. The van der Waals surface area contributed by atoms with Crippen molar-refractivity contribution < 1.29 is 5.11 Å². The molecule has 0 spiro atoms. The van der Waals surface area contributed by atoms with Gasteiger partial charge in [-0.15, -0.1) is 0 Å². The van der Waals surface area contributed by atoms with E-state index in [1.54, 1.807) is 0 Å². The molecule has 2 aromatic heterocycles. The Morgan fingerprint density at radius 2 is 1.64 bits per heavy atom. The fourth-order valence-corrected chi connectivity index (χ4v) is 3.57. The lowest BCUT2D eigenvalue weighted by atomic mass is 10.0. The molecular formula is C22H25N5O. The van der Waals surface area contributed by atoms with Crippen molar-refractivity contribution in [3.8, 4) is 22.4 Å². The van der Waals surface area contributed by atoms with Gasteiger partial charge in [0.25, 0.3) is 0 Å². The minimum absolute atomic E-state index is 0.210. The minimum Gasteiger partial charge on any atom is -0.395 e. The number of aliphatic hydroxyl groups excluding tert-OH is 1. The molecule has 28 heavy (non-hydrogen) atoms. The molecule has 6 heteroatoms. The summed E-state index contributed by atoms with van der Waals surface area (Å²) in [4.78, 5) is 18.3. The van der Waals surface area contributed by atoms with Crippen molar-refractivity contribution in [1.29, 1.82) is 0 Å². The highest BCUT2D eigenvalue weighted by Crippen LogP contribution is 2.26. The molecule has 1 aromatic carbocycles. The van der Waals surface area contributed by atoms with Gasteiger partial charge < -0.3 is 10.0 Å². The number of pyridine rings is 1. The average molecular weight is 375 g/mol. The third-order valence-corrected chi connectivity index (χ3v) is 5.08. The second-order valence-corrected chi connectivity index (χ2v) is 7.04. The number of aryl methyl sites for hydroxylation is 1. The predicted octanol–water partition coefficient (Wildman–Crippen LogP) is 2.63. The topological polar surface area (TPSA) is 65.4 Å². The van der Waals surface area contributed by atoms with E-state index in [1.165, 1.54) is 0 Å². The van der Waals surface area contributed by atoms with Gasteiger partial charge in [0.1, 0.15) is 11.6 Å². The van der Waals surface area contributed by atoms with E-state index in [4.69, 9.17) is 5.11 Å². The van der Waals surface area contributed by atoms with Gasteiger partial charge in [-0.3, -0.25) is 9.88 Å². The largest absolute Gasteiger partial charge is 0.395 e. The van der Waals surface area contributed by atoms with Crippen molar-refractivity contribution in [2.75, 3.05) is 44.2 Å². The predicted molar refractivity (Wildman–Crippen MR) is 111 cm³/mol. The van der Waals surface area contributed by atoms with E-state index in [1.807, 2.05) is 37.5 Å². The summed E-state index contributed by atoms with van der Waals surface area (Å²) in [6, 6.07) is 14.4. The zero-order chi connectivity index (χ0) is 19.3. The second kappa shape index (κ2) is 8.46. The molecule has 6 nitrogen and oxygen atoms in total. The molecule has 1 N–H and O–H groups in total. The van der Waals surface area contributed by atoms with Crippen LogP contribution in [-0.2, 0) is 0 Å². The average Bonchev–Trinajstić information content (AvgIpc) is 2.75. The summed E-state index contributed by atoms with van der Waals surface area (Å²) in [5, 5.41) is 9.12. The van der Waals surface area contributed by atoms with Gasteiger partial charge in [0.05, 0.1) is 12.3 Å². The Kier molecular flexibility index (Phi) is 5.60. The standard InChI is InChI=1S/C22H25N5O/c1-17-24-21(14-22(25-17)27-9-7-26(8-10-27)11-12-28)20-13-19(15-23-16-20)18-5-3-2-4-6-18/h2-6,13-16,28H,7-12H2,1H3. The Morgan fingerprint density at radius 3 is 2.39 bits per heavy atom. The number of aromatic nitrogens is 3. The van der Waals surface area contributed by atoms with E-state index in [0.717, 1.165) is 66.8 Å². The van der Waals surface area contributed by atoms with Crippen molar-refractivity contribution >= 4 is 5.82 Å². The van der Waals surface area contributed by atoms with Crippen molar-refractivity contribution in [2.24, 2.45) is 0 Å². The SMILES string of the molecule is Cc1nc(-c2cncc(-c3ccccc3)c2)cc(N2CCN(CCO)CC2)n1. The highest BCUT2D eigenvalue weighted by atomic mass is 16.3. The van der Waals surface area contributed by atoms with Gasteiger partial charge in [0.15, 0.2) is 0 Å². The Labute approximate surface area is 165 Å². The van der Waals surface area contributed by atoms with E-state index < -0.39 is 0 Å². The molecule has 1 saturated heterocycles. The van der Waals surface area contributed by atoms with Gasteiger partial charge in [-0.25, -0.2) is 9.97 Å². The number of hydrogen-bond acceptors (Lipinski definition) is 6. The molecule has 3 heterocycles. The number of rotatable bonds is 5. The molecule has 0 unspecified atom stereocenters. The summed E-state index contributed by atoms with van der Waals surface area (Å²) in [6.45, 7) is 6.55. The number of hydrogen-bond donors (Lipinski definition) is 1. The van der Waals surface area contributed by atoms with Crippen LogP contribution in [0.15, 0.2) is 54.9 Å². The fraction of sp³-hybridized carbons (Fsp3) is 0.318. The van der Waals surface area contributed by atoms with E-state index in [9.17, 15) is 0 Å². The number of aliphatic hydroxyl groups is 1. The third kappa shape index (κ3) is 4.18. The number of anilines is 1. The zero-order valence-corrected chi connectivity index (χ0v) is 16.1. The maximum atomic E-state index is 9.12. The smallest absolute Gasteiger partial charge is 0.132 e. The van der Waals surface area contributed by atoms with Crippen molar-refractivity contribution in [3.05, 3.63) is 60.7 Å². The first-order valence-electron chi connectivity index (χ1n) is 9.67. The summed E-state index contributed by atoms with van der Waals surface area (Å²) in [5.41, 5.74) is 4.11. The summed E-state index contributed by atoms with van der Waals surface area (Å²) >= 11 is 0. The maximum absolute atomic E-state index is 9.12. The second-order valence-electron chi connectivity index (χ2n) is 7.04. The van der Waals surface area contributed by atoms with Crippen LogP contribution < -0.4 is 4.90 Å². The van der Waals surface area contributed by atoms with Crippen molar-refractivity contribution in [3.63, 3.8) is 0 Å². The van der Waals surface area contributed by atoms with Gasteiger partial charge >= 0.3 is 0 Å². The monoisotopic (exact) mass is 375 g/mol. The number of nitrogens with zero attached hydrogens (tertiary/aromatic N) is 5. The minimum atomic E-state index is 0.210. The van der Waals surface area contributed by atoms with Crippen LogP contribution in [0.25, 0.3) is 22.4 Å².